The van der Waals surface area contributed by atoms with Crippen LogP contribution in [0.3, 0.4) is 0 Å². The zero-order valence-corrected chi connectivity index (χ0v) is 13.6. The number of non-ortho nitro benzene ring substituents is 1. The minimum atomic E-state index is -0.499. The lowest BCUT2D eigenvalue weighted by molar-refractivity contribution is -0.384. The highest BCUT2D eigenvalue weighted by Gasteiger charge is 2.33. The number of anilines is 1. The van der Waals surface area contributed by atoms with Gasteiger partial charge in [-0.2, -0.15) is 0 Å². The number of rotatable bonds is 3. The Hall–Kier alpha value is -2.58. The summed E-state index contributed by atoms with van der Waals surface area (Å²) in [6, 6.07) is 11.4. The highest BCUT2D eigenvalue weighted by Crippen LogP contribution is 2.36. The summed E-state index contributed by atoms with van der Waals surface area (Å²) in [6.45, 7) is 0. The van der Waals surface area contributed by atoms with Gasteiger partial charge in [-0.25, -0.2) is 4.39 Å². The van der Waals surface area contributed by atoms with E-state index in [1.54, 1.807) is 18.2 Å². The number of hydrogen-bond donors (Lipinski definition) is 0. The molecule has 0 spiro atoms. The van der Waals surface area contributed by atoms with Crippen molar-refractivity contribution in [1.82, 2.24) is 0 Å². The first kappa shape index (κ1) is 16.3. The molecule has 0 aliphatic carbocycles. The number of halogens is 1. The molecule has 1 fully saturated rings. The predicted molar refractivity (Wildman–Crippen MR) is 95.1 cm³/mol. The van der Waals surface area contributed by atoms with Crippen molar-refractivity contribution in [3.8, 4) is 0 Å². The molecule has 8 heteroatoms. The molecule has 0 saturated carbocycles. The van der Waals surface area contributed by atoms with Crippen LogP contribution in [0.5, 0.6) is 0 Å². The molecule has 2 aromatic rings. The van der Waals surface area contributed by atoms with E-state index in [1.807, 2.05) is 0 Å². The van der Waals surface area contributed by atoms with Gasteiger partial charge in [0.25, 0.3) is 11.6 Å². The second-order valence-electron chi connectivity index (χ2n) is 4.85. The van der Waals surface area contributed by atoms with Gasteiger partial charge in [0, 0.05) is 12.1 Å². The standard InChI is InChI=1S/C16H9FN2O3S2/c17-11-4-6-12(7-5-11)18-15(20)14(24-16(18)23)9-10-2-1-3-13(8-10)19(21)22/h1-9H/b14-9+. The van der Waals surface area contributed by atoms with E-state index in [2.05, 4.69) is 0 Å². The number of thiocarbonyl (C=S) groups is 1. The van der Waals surface area contributed by atoms with Crippen molar-refractivity contribution in [2.45, 2.75) is 0 Å². The van der Waals surface area contributed by atoms with E-state index in [4.69, 9.17) is 12.2 Å². The highest BCUT2D eigenvalue weighted by atomic mass is 32.2. The summed E-state index contributed by atoms with van der Waals surface area (Å²) in [7, 11) is 0. The number of nitro benzene ring substituents is 1. The molecule has 0 radical (unpaired) electrons. The Balaban J connectivity index is 1.92. The lowest BCUT2D eigenvalue weighted by Gasteiger charge is -2.14. The lowest BCUT2D eigenvalue weighted by atomic mass is 10.2. The second kappa shape index (κ2) is 6.50. The quantitative estimate of drug-likeness (QED) is 0.356. The Morgan fingerprint density at radius 2 is 1.92 bits per heavy atom. The largest absolute Gasteiger partial charge is 0.270 e. The van der Waals surface area contributed by atoms with E-state index in [-0.39, 0.29) is 11.6 Å². The van der Waals surface area contributed by atoms with Crippen molar-refractivity contribution in [2.24, 2.45) is 0 Å². The topological polar surface area (TPSA) is 63.4 Å². The number of nitro groups is 1. The van der Waals surface area contributed by atoms with Gasteiger partial charge in [-0.1, -0.05) is 36.1 Å². The molecule has 0 bridgehead atoms. The first-order valence-electron chi connectivity index (χ1n) is 6.74. The summed E-state index contributed by atoms with van der Waals surface area (Å²) in [4.78, 5) is 24.5. The van der Waals surface area contributed by atoms with Gasteiger partial charge in [0.15, 0.2) is 4.32 Å². The maximum Gasteiger partial charge on any atom is 0.270 e. The predicted octanol–water partition coefficient (Wildman–Crippen LogP) is 4.14. The first-order valence-corrected chi connectivity index (χ1v) is 7.96. The fourth-order valence-electron chi connectivity index (χ4n) is 2.16. The van der Waals surface area contributed by atoms with Crippen molar-refractivity contribution < 1.29 is 14.1 Å². The van der Waals surface area contributed by atoms with Gasteiger partial charge in [0.2, 0.25) is 0 Å². The molecule has 24 heavy (non-hydrogen) atoms. The van der Waals surface area contributed by atoms with E-state index in [9.17, 15) is 19.3 Å². The van der Waals surface area contributed by atoms with Crippen LogP contribution in [-0.4, -0.2) is 15.2 Å². The maximum absolute atomic E-state index is 13.0. The number of benzene rings is 2. The van der Waals surface area contributed by atoms with E-state index >= 15 is 0 Å². The van der Waals surface area contributed by atoms with Crippen molar-refractivity contribution in [3.63, 3.8) is 0 Å². The van der Waals surface area contributed by atoms with Gasteiger partial charge in [-0.3, -0.25) is 19.8 Å². The van der Waals surface area contributed by atoms with Crippen molar-refractivity contribution >= 4 is 51.7 Å². The zero-order chi connectivity index (χ0) is 17.3. The number of carbonyl (C=O) groups is 1. The van der Waals surface area contributed by atoms with Gasteiger partial charge < -0.3 is 0 Å². The third-order valence-corrected chi connectivity index (χ3v) is 4.56. The minimum Gasteiger partial charge on any atom is -0.268 e. The Labute approximate surface area is 145 Å². The molecule has 2 aromatic carbocycles. The number of nitrogens with zero attached hydrogens (tertiary/aromatic N) is 2. The van der Waals surface area contributed by atoms with Crippen LogP contribution in [0.25, 0.3) is 6.08 Å². The molecule has 0 unspecified atom stereocenters. The molecule has 5 nitrogen and oxygen atoms in total. The smallest absolute Gasteiger partial charge is 0.268 e. The minimum absolute atomic E-state index is 0.0576. The van der Waals surface area contributed by atoms with E-state index in [0.717, 1.165) is 11.8 Å². The molecule has 120 valence electrons. The third kappa shape index (κ3) is 3.19. The summed E-state index contributed by atoms with van der Waals surface area (Å²) in [6.07, 6.45) is 1.55. The van der Waals surface area contributed by atoms with Crippen molar-refractivity contribution in [2.75, 3.05) is 4.90 Å². The van der Waals surface area contributed by atoms with E-state index < -0.39 is 10.7 Å². The fourth-order valence-corrected chi connectivity index (χ4v) is 3.46. The number of thioether (sulfide) groups is 1. The van der Waals surface area contributed by atoms with Gasteiger partial charge >= 0.3 is 0 Å². The molecular weight excluding hydrogens is 351 g/mol. The molecule has 3 rings (SSSR count). The molecule has 1 amide bonds. The van der Waals surface area contributed by atoms with Crippen LogP contribution in [-0.2, 0) is 4.79 Å². The van der Waals surface area contributed by atoms with E-state index in [0.29, 0.717) is 20.5 Å². The van der Waals surface area contributed by atoms with Crippen LogP contribution >= 0.6 is 24.0 Å². The normalized spacial score (nSPS) is 16.0. The molecule has 0 aromatic heterocycles. The molecule has 1 heterocycles. The van der Waals surface area contributed by atoms with Gasteiger partial charge in [0.05, 0.1) is 15.5 Å². The monoisotopic (exact) mass is 360 g/mol. The SMILES string of the molecule is O=C1/C(=C\c2cccc([N+](=O)[O-])c2)SC(=S)N1c1ccc(F)cc1. The Morgan fingerprint density at radius 1 is 1.21 bits per heavy atom. The summed E-state index contributed by atoms with van der Waals surface area (Å²) in [5.74, 6) is -0.751. The number of carbonyl (C=O) groups excluding carboxylic acids is 1. The van der Waals surface area contributed by atoms with Gasteiger partial charge in [-0.15, -0.1) is 0 Å². The molecule has 1 aliphatic rings. The van der Waals surface area contributed by atoms with E-state index in [1.165, 1.54) is 41.3 Å². The van der Waals surface area contributed by atoms with Crippen LogP contribution in [0.4, 0.5) is 15.8 Å². The average molecular weight is 360 g/mol. The lowest BCUT2D eigenvalue weighted by Crippen LogP contribution is -2.27. The number of amides is 1. The summed E-state index contributed by atoms with van der Waals surface area (Å²) in [5, 5.41) is 10.8. The molecule has 1 aliphatic heterocycles. The highest BCUT2D eigenvalue weighted by molar-refractivity contribution is 8.27. The van der Waals surface area contributed by atoms with Crippen molar-refractivity contribution in [1.29, 1.82) is 0 Å². The third-order valence-electron chi connectivity index (χ3n) is 3.26. The summed E-state index contributed by atoms with van der Waals surface area (Å²) in [5.41, 5.74) is 0.947. The fraction of sp³-hybridized carbons (Fsp3) is 0. The average Bonchev–Trinajstić information content (AvgIpc) is 2.83. The zero-order valence-electron chi connectivity index (χ0n) is 12.0. The van der Waals surface area contributed by atoms with Gasteiger partial charge in [0.1, 0.15) is 5.82 Å². The van der Waals surface area contributed by atoms with Crippen LogP contribution in [0.15, 0.2) is 53.4 Å². The molecular formula is C16H9FN2O3S2. The summed E-state index contributed by atoms with van der Waals surface area (Å²) >= 11 is 6.31. The Kier molecular flexibility index (Phi) is 4.41. The molecule has 0 atom stereocenters. The van der Waals surface area contributed by atoms with Crippen LogP contribution in [0.1, 0.15) is 5.56 Å². The van der Waals surface area contributed by atoms with Crippen LogP contribution < -0.4 is 4.90 Å². The van der Waals surface area contributed by atoms with Crippen LogP contribution in [0, 0.1) is 15.9 Å². The Bertz CT molecular complexity index is 881. The summed E-state index contributed by atoms with van der Waals surface area (Å²) < 4.78 is 13.3. The first-order chi connectivity index (χ1) is 11.5. The number of hydrogen-bond acceptors (Lipinski definition) is 5. The molecule has 0 N–H and O–H groups in total. The van der Waals surface area contributed by atoms with Crippen molar-refractivity contribution in [3.05, 3.63) is 74.9 Å². The van der Waals surface area contributed by atoms with Gasteiger partial charge in [-0.05, 0) is 35.9 Å². The molecule has 1 saturated heterocycles. The second-order valence-corrected chi connectivity index (χ2v) is 6.52. The maximum atomic E-state index is 13.0. The van der Waals surface area contributed by atoms with Crippen LogP contribution in [0.2, 0.25) is 0 Å². The Morgan fingerprint density at radius 3 is 2.58 bits per heavy atom.